The molecule has 2 N–H and O–H groups in total. The molecule has 1 saturated carbocycles. The van der Waals surface area contributed by atoms with Gasteiger partial charge < -0.3 is 19.7 Å². The van der Waals surface area contributed by atoms with Gasteiger partial charge in [0.05, 0.1) is 41.4 Å². The van der Waals surface area contributed by atoms with E-state index in [9.17, 15) is 19.8 Å². The molecule has 3 aliphatic rings. The summed E-state index contributed by atoms with van der Waals surface area (Å²) in [5.74, 6) is -1.43. The Bertz CT molecular complexity index is 990. The molecule has 192 valence electrons. The standard InChI is InChI=1S/C28H39NO6/c1-16-8-9-20(29-15-16)11-17(2)21-12-23-28(5,35-23)10-6-7-19-14-27(4,22(30)13-24(31)34-21)26(33)18(3)25(19)32/h8-9,11,15,18-19,21-23,25,30,32H,6-7,10,12-14H2,1-5H3/b17-11+/t18?,19?,21-,22?,23-,25+,27?,28+/m0/s1. The summed E-state index contributed by atoms with van der Waals surface area (Å²) in [6.07, 6.45) is 4.28. The fourth-order valence-electron chi connectivity index (χ4n) is 5.95. The van der Waals surface area contributed by atoms with Crippen molar-refractivity contribution in [3.63, 3.8) is 0 Å². The third-order valence-corrected chi connectivity index (χ3v) is 8.56. The number of hydrogen-bond acceptors (Lipinski definition) is 7. The summed E-state index contributed by atoms with van der Waals surface area (Å²) < 4.78 is 12.0. The monoisotopic (exact) mass is 485 g/mol. The highest BCUT2D eigenvalue weighted by Crippen LogP contribution is 2.48. The Morgan fingerprint density at radius 3 is 2.66 bits per heavy atom. The number of carbonyl (C=O) groups excluding carboxylic acids is 2. The molecule has 0 aromatic carbocycles. The molecule has 3 fully saturated rings. The molecule has 35 heavy (non-hydrogen) atoms. The van der Waals surface area contributed by atoms with Crippen molar-refractivity contribution in [1.82, 2.24) is 4.98 Å². The lowest BCUT2D eigenvalue weighted by molar-refractivity contribution is -0.161. The molecule has 4 unspecified atom stereocenters. The molecule has 3 heterocycles. The largest absolute Gasteiger partial charge is 0.458 e. The predicted molar refractivity (Wildman–Crippen MR) is 131 cm³/mol. The summed E-state index contributed by atoms with van der Waals surface area (Å²) in [6, 6.07) is 3.91. The first-order chi connectivity index (χ1) is 16.4. The fourth-order valence-corrected chi connectivity index (χ4v) is 5.95. The number of aliphatic hydroxyl groups excluding tert-OH is 2. The van der Waals surface area contributed by atoms with Crippen molar-refractivity contribution >= 4 is 17.8 Å². The average molecular weight is 486 g/mol. The Balaban J connectivity index is 1.59. The highest BCUT2D eigenvalue weighted by molar-refractivity contribution is 5.89. The highest BCUT2D eigenvalue weighted by atomic mass is 16.6. The van der Waals surface area contributed by atoms with Crippen LogP contribution in [0, 0.1) is 24.2 Å². The number of carbonyl (C=O) groups is 2. The van der Waals surface area contributed by atoms with Crippen molar-refractivity contribution < 1.29 is 29.3 Å². The van der Waals surface area contributed by atoms with Gasteiger partial charge in [-0.25, -0.2) is 0 Å². The Labute approximate surface area is 207 Å². The number of cyclic esters (lactones) is 1. The van der Waals surface area contributed by atoms with Crippen LogP contribution in [0.2, 0.25) is 0 Å². The normalized spacial score (nSPS) is 40.9. The number of nitrogens with zero attached hydrogens (tertiary/aromatic N) is 1. The van der Waals surface area contributed by atoms with E-state index < -0.39 is 35.6 Å². The number of ether oxygens (including phenoxy) is 2. The second kappa shape index (κ2) is 9.75. The average Bonchev–Trinajstić information content (AvgIpc) is 3.44. The minimum absolute atomic E-state index is 0.0375. The Hall–Kier alpha value is -2.09. The van der Waals surface area contributed by atoms with E-state index in [1.807, 2.05) is 32.1 Å². The van der Waals surface area contributed by atoms with Gasteiger partial charge in [0.1, 0.15) is 11.9 Å². The van der Waals surface area contributed by atoms with E-state index in [4.69, 9.17) is 9.47 Å². The third-order valence-electron chi connectivity index (χ3n) is 8.56. The zero-order valence-electron chi connectivity index (χ0n) is 21.5. The zero-order chi connectivity index (χ0) is 25.5. The first kappa shape index (κ1) is 26.0. The molecule has 2 bridgehead atoms. The second-order valence-electron chi connectivity index (χ2n) is 11.4. The van der Waals surface area contributed by atoms with Crippen molar-refractivity contribution in [2.45, 2.75) is 103 Å². The van der Waals surface area contributed by atoms with Crippen molar-refractivity contribution in [3.8, 4) is 0 Å². The maximum atomic E-state index is 13.1. The highest BCUT2D eigenvalue weighted by Gasteiger charge is 2.55. The van der Waals surface area contributed by atoms with Crippen molar-refractivity contribution in [3.05, 3.63) is 35.2 Å². The molecule has 2 saturated heterocycles. The van der Waals surface area contributed by atoms with E-state index in [0.29, 0.717) is 12.8 Å². The van der Waals surface area contributed by atoms with Crippen LogP contribution >= 0.6 is 0 Å². The number of ketones is 1. The van der Waals surface area contributed by atoms with Crippen LogP contribution in [0.1, 0.15) is 77.5 Å². The van der Waals surface area contributed by atoms with Gasteiger partial charge in [-0.1, -0.05) is 26.3 Å². The molecule has 0 radical (unpaired) electrons. The number of pyridine rings is 1. The van der Waals surface area contributed by atoms with Gasteiger partial charge in [0.25, 0.3) is 0 Å². The van der Waals surface area contributed by atoms with Crippen LogP contribution < -0.4 is 0 Å². The van der Waals surface area contributed by atoms with E-state index in [0.717, 1.165) is 36.1 Å². The molecule has 1 aromatic heterocycles. The second-order valence-corrected chi connectivity index (χ2v) is 11.4. The molecule has 0 spiro atoms. The van der Waals surface area contributed by atoms with Gasteiger partial charge in [-0.3, -0.25) is 14.6 Å². The Morgan fingerprint density at radius 1 is 1.23 bits per heavy atom. The van der Waals surface area contributed by atoms with Gasteiger partial charge in [0.15, 0.2) is 0 Å². The molecule has 4 rings (SSSR count). The van der Waals surface area contributed by atoms with Crippen LogP contribution in [-0.4, -0.2) is 57.0 Å². The summed E-state index contributed by atoms with van der Waals surface area (Å²) in [4.78, 5) is 30.6. The van der Waals surface area contributed by atoms with Crippen LogP contribution in [0.3, 0.4) is 0 Å². The van der Waals surface area contributed by atoms with Gasteiger partial charge in [0.2, 0.25) is 0 Å². The van der Waals surface area contributed by atoms with Gasteiger partial charge in [-0.2, -0.15) is 0 Å². The molecule has 1 aliphatic carbocycles. The number of aryl methyl sites for hydroxylation is 1. The van der Waals surface area contributed by atoms with E-state index >= 15 is 0 Å². The van der Waals surface area contributed by atoms with Crippen LogP contribution in [-0.2, 0) is 19.1 Å². The molecule has 1 aromatic rings. The number of aromatic nitrogens is 1. The summed E-state index contributed by atoms with van der Waals surface area (Å²) in [7, 11) is 0. The third kappa shape index (κ3) is 5.37. The maximum Gasteiger partial charge on any atom is 0.309 e. The van der Waals surface area contributed by atoms with Crippen LogP contribution in [0.25, 0.3) is 6.08 Å². The minimum Gasteiger partial charge on any atom is -0.458 e. The first-order valence-electron chi connectivity index (χ1n) is 12.8. The lowest BCUT2D eigenvalue weighted by atomic mass is 9.60. The molecule has 8 atom stereocenters. The van der Waals surface area contributed by atoms with E-state index in [1.165, 1.54) is 0 Å². The number of epoxide rings is 1. The number of esters is 1. The Morgan fingerprint density at radius 2 is 1.97 bits per heavy atom. The lowest BCUT2D eigenvalue weighted by Crippen LogP contribution is -2.54. The topological polar surface area (TPSA) is 109 Å². The number of fused-ring (bicyclic) bond motifs is 3. The zero-order valence-corrected chi connectivity index (χ0v) is 21.5. The van der Waals surface area contributed by atoms with E-state index in [2.05, 4.69) is 11.9 Å². The number of hydrogen-bond donors (Lipinski definition) is 2. The predicted octanol–water partition coefficient (Wildman–Crippen LogP) is 3.78. The smallest absolute Gasteiger partial charge is 0.309 e. The van der Waals surface area contributed by atoms with Crippen LogP contribution in [0.15, 0.2) is 23.9 Å². The quantitative estimate of drug-likeness (QED) is 0.485. The Kier molecular flexibility index (Phi) is 7.24. The summed E-state index contributed by atoms with van der Waals surface area (Å²) in [5.41, 5.74) is 1.31. The van der Waals surface area contributed by atoms with Gasteiger partial charge in [-0.05, 0) is 69.2 Å². The van der Waals surface area contributed by atoms with Crippen molar-refractivity contribution in [2.75, 3.05) is 0 Å². The van der Waals surface area contributed by atoms with Crippen LogP contribution in [0.5, 0.6) is 0 Å². The number of rotatable bonds is 2. The van der Waals surface area contributed by atoms with E-state index in [-0.39, 0.29) is 29.8 Å². The van der Waals surface area contributed by atoms with Crippen molar-refractivity contribution in [1.29, 1.82) is 0 Å². The van der Waals surface area contributed by atoms with Gasteiger partial charge in [-0.15, -0.1) is 0 Å². The van der Waals surface area contributed by atoms with Gasteiger partial charge in [0, 0.05) is 18.5 Å². The maximum absolute atomic E-state index is 13.1. The first-order valence-corrected chi connectivity index (χ1v) is 12.8. The van der Waals surface area contributed by atoms with Gasteiger partial charge >= 0.3 is 5.97 Å². The van der Waals surface area contributed by atoms with E-state index in [1.54, 1.807) is 20.0 Å². The molecule has 7 nitrogen and oxygen atoms in total. The molecule has 2 aliphatic heterocycles. The molecule has 0 amide bonds. The molecule has 7 heteroatoms. The van der Waals surface area contributed by atoms with Crippen LogP contribution in [0.4, 0.5) is 0 Å². The number of Topliss-reactive ketones (excluding diaryl/α,β-unsaturated/α-hetero) is 1. The fraction of sp³-hybridized carbons (Fsp3) is 0.679. The lowest BCUT2D eigenvalue weighted by Gasteiger charge is -2.45. The molecular weight excluding hydrogens is 446 g/mol. The summed E-state index contributed by atoms with van der Waals surface area (Å²) in [5, 5.41) is 21.8. The molecular formula is C28H39NO6. The summed E-state index contributed by atoms with van der Waals surface area (Å²) in [6.45, 7) is 9.42. The summed E-state index contributed by atoms with van der Waals surface area (Å²) >= 11 is 0. The minimum atomic E-state index is -1.17. The SMILES string of the molecule is C/C(=C\c1ccc(C)cn1)[C@@H]1C[C@@H]2O[C@]2(C)CCCC2CC(C)(C(=O)C(C)[C@H]2O)C(O)CC(=O)O1. The van der Waals surface area contributed by atoms with Crippen molar-refractivity contribution in [2.24, 2.45) is 17.3 Å². The number of aliphatic hydroxyl groups is 2.